The predicted molar refractivity (Wildman–Crippen MR) is 172 cm³/mol. The zero-order chi connectivity index (χ0) is 31.1. The number of ether oxygens (including phenoxy) is 4. The van der Waals surface area contributed by atoms with Crippen molar-refractivity contribution in [3.8, 4) is 11.5 Å². The maximum absolute atomic E-state index is 13.5. The summed E-state index contributed by atoms with van der Waals surface area (Å²) in [4.78, 5) is 15.4. The molecule has 1 saturated carbocycles. The number of carbonyl (C=O) groups excluding carboxylic acids is 1. The Labute approximate surface area is 272 Å². The Bertz CT molecular complexity index is 1550. The largest absolute Gasteiger partial charge is 0.493 e. The van der Waals surface area contributed by atoms with Gasteiger partial charge in [0.25, 0.3) is 15.9 Å². The maximum Gasteiger partial charge on any atom is 0.265 e. The summed E-state index contributed by atoms with van der Waals surface area (Å²) in [5.74, 6) is 1.17. The highest BCUT2D eigenvalue weighted by atomic mass is 79.9. The Morgan fingerprint density at radius 2 is 1.98 bits per heavy atom. The van der Waals surface area contributed by atoms with Crippen LogP contribution in [0, 0.1) is 11.8 Å². The minimum Gasteiger partial charge on any atom is -0.493 e. The second kappa shape index (κ2) is 12.5. The highest BCUT2D eigenvalue weighted by Gasteiger charge is 2.45. The van der Waals surface area contributed by atoms with Crippen molar-refractivity contribution >= 4 is 49.1 Å². The Morgan fingerprint density at radius 1 is 1.14 bits per heavy atom. The summed E-state index contributed by atoms with van der Waals surface area (Å²) in [7, 11) is -4.20. The van der Waals surface area contributed by atoms with Gasteiger partial charge in [-0.05, 0) is 75.3 Å². The highest BCUT2D eigenvalue weighted by molar-refractivity contribution is 9.09. The fraction of sp³-hybridized carbons (Fsp3) is 0.531. The molecule has 0 aromatic heterocycles. The molecule has 4 aliphatic rings. The van der Waals surface area contributed by atoms with Crippen molar-refractivity contribution in [3.63, 3.8) is 0 Å². The molecule has 0 radical (unpaired) electrons. The van der Waals surface area contributed by atoms with Crippen LogP contribution >= 0.6 is 27.5 Å². The molecule has 3 heterocycles. The third kappa shape index (κ3) is 6.23. The Kier molecular flexibility index (Phi) is 8.98. The first-order valence-electron chi connectivity index (χ1n) is 15.0. The zero-order valence-corrected chi connectivity index (χ0v) is 28.0. The first kappa shape index (κ1) is 31.7. The molecule has 1 fully saturated rings. The van der Waals surface area contributed by atoms with Gasteiger partial charge in [0.1, 0.15) is 17.1 Å². The number of anilines is 1. The summed E-state index contributed by atoms with van der Waals surface area (Å²) in [6.45, 7) is 6.02. The minimum absolute atomic E-state index is 0.0141. The lowest BCUT2D eigenvalue weighted by atomic mass is 9.69. The summed E-state index contributed by atoms with van der Waals surface area (Å²) in [5.41, 5.74) is -0.0767. The van der Waals surface area contributed by atoms with Gasteiger partial charge >= 0.3 is 0 Å². The number of hydrogen-bond donors (Lipinski definition) is 1. The molecule has 238 valence electrons. The molecular weight excluding hydrogens is 672 g/mol. The van der Waals surface area contributed by atoms with Crippen LogP contribution in [0.1, 0.15) is 38.7 Å². The van der Waals surface area contributed by atoms with E-state index in [0.717, 1.165) is 35.9 Å². The van der Waals surface area contributed by atoms with Gasteiger partial charge in [0, 0.05) is 29.0 Å². The smallest absolute Gasteiger partial charge is 0.265 e. The van der Waals surface area contributed by atoms with Crippen LogP contribution in [-0.4, -0.2) is 70.9 Å². The minimum atomic E-state index is -4.20. The number of hydrogen-bond acceptors (Lipinski definition) is 8. The van der Waals surface area contributed by atoms with Crippen LogP contribution in [0.15, 0.2) is 53.4 Å². The second-order valence-electron chi connectivity index (χ2n) is 12.5. The standard InChI is InChI=1S/C32H38BrClN2O7S/c1-31(2)30(37)35-44(38,39)23-7-10-28-26(17-23)36(18-21-5-8-24(21)27(41-15-12-33)4-3-13-43-31)19-32(20-42-28)11-14-40-29-16-22(34)6-9-25(29)32/h3-4,6-7,9-10,16-17,21,24,27H,5,8,11-15,18-20H2,1-2H3,(H,35,37)/b4-3-/t21-,24+,27-,32-/m0/s1. The molecule has 1 aliphatic carbocycles. The van der Waals surface area contributed by atoms with E-state index in [1.54, 1.807) is 26.0 Å². The fourth-order valence-corrected chi connectivity index (χ4v) is 8.09. The Morgan fingerprint density at radius 3 is 2.75 bits per heavy atom. The molecule has 2 aromatic carbocycles. The number of benzene rings is 2. The molecule has 12 heteroatoms. The van der Waals surface area contributed by atoms with E-state index in [2.05, 4.69) is 25.6 Å². The average Bonchev–Trinajstić information content (AvgIpc) is 3.12. The number of carbonyl (C=O) groups is 1. The van der Waals surface area contributed by atoms with Gasteiger partial charge in [0.15, 0.2) is 0 Å². The van der Waals surface area contributed by atoms with Crippen molar-refractivity contribution < 1.29 is 32.2 Å². The van der Waals surface area contributed by atoms with E-state index in [0.29, 0.717) is 55.3 Å². The van der Waals surface area contributed by atoms with Crippen molar-refractivity contribution in [2.24, 2.45) is 11.8 Å². The topological polar surface area (TPSA) is 103 Å². The first-order chi connectivity index (χ1) is 21.0. The van der Waals surface area contributed by atoms with Crippen molar-refractivity contribution in [2.75, 3.05) is 49.7 Å². The van der Waals surface area contributed by atoms with Gasteiger partial charge in [0.05, 0.1) is 48.5 Å². The number of sulfonamides is 1. The first-order valence-corrected chi connectivity index (χ1v) is 18.0. The Balaban J connectivity index is 1.43. The molecule has 0 saturated heterocycles. The SMILES string of the molecule is CC1(C)OC/C=C\[C@H](OCCBr)[C@@H]2CC[C@H]2CN2C[C@@]3(CCOc4cc(Cl)ccc43)COc3ccc(cc32)S(=O)(=O)NC1=O. The number of halogens is 2. The number of alkyl halides is 1. The third-order valence-corrected chi connectivity index (χ3v) is 11.2. The molecule has 1 spiro atoms. The van der Waals surface area contributed by atoms with Crippen LogP contribution in [0.3, 0.4) is 0 Å². The summed E-state index contributed by atoms with van der Waals surface area (Å²) >= 11 is 9.82. The van der Waals surface area contributed by atoms with Crippen LogP contribution in [0.25, 0.3) is 0 Å². The average molecular weight is 710 g/mol. The summed E-state index contributed by atoms with van der Waals surface area (Å²) in [6, 6.07) is 10.5. The van der Waals surface area contributed by atoms with Crippen molar-refractivity contribution in [3.05, 3.63) is 59.1 Å². The zero-order valence-electron chi connectivity index (χ0n) is 24.9. The van der Waals surface area contributed by atoms with E-state index in [1.807, 2.05) is 30.4 Å². The number of rotatable bonds is 3. The summed E-state index contributed by atoms with van der Waals surface area (Å²) in [5, 5.41) is 1.33. The molecule has 0 unspecified atom stereocenters. The molecule has 4 atom stereocenters. The van der Waals surface area contributed by atoms with Crippen LogP contribution in [-0.2, 0) is 29.7 Å². The van der Waals surface area contributed by atoms with E-state index in [-0.39, 0.29) is 23.5 Å². The van der Waals surface area contributed by atoms with Crippen LogP contribution in [0.4, 0.5) is 5.69 Å². The second-order valence-corrected chi connectivity index (χ2v) is 15.4. The van der Waals surface area contributed by atoms with E-state index < -0.39 is 26.9 Å². The van der Waals surface area contributed by atoms with E-state index in [9.17, 15) is 13.2 Å². The van der Waals surface area contributed by atoms with Crippen molar-refractivity contribution in [1.82, 2.24) is 4.72 Å². The lowest BCUT2D eigenvalue weighted by Crippen LogP contribution is -2.50. The molecule has 6 rings (SSSR count). The number of nitrogens with one attached hydrogen (secondary N) is 1. The van der Waals surface area contributed by atoms with E-state index >= 15 is 0 Å². The highest BCUT2D eigenvalue weighted by Crippen LogP contribution is 2.47. The van der Waals surface area contributed by atoms with E-state index in [4.69, 9.17) is 30.5 Å². The predicted octanol–water partition coefficient (Wildman–Crippen LogP) is 5.24. The van der Waals surface area contributed by atoms with Gasteiger partial charge in [-0.2, -0.15) is 0 Å². The third-order valence-electron chi connectivity index (χ3n) is 9.31. The van der Waals surface area contributed by atoms with Crippen molar-refractivity contribution in [1.29, 1.82) is 0 Å². The summed E-state index contributed by atoms with van der Waals surface area (Å²) in [6.07, 6.45) is 6.55. The van der Waals surface area contributed by atoms with Gasteiger partial charge in [0.2, 0.25) is 0 Å². The van der Waals surface area contributed by atoms with Gasteiger partial charge < -0.3 is 23.8 Å². The summed E-state index contributed by atoms with van der Waals surface area (Å²) < 4.78 is 53.9. The molecule has 2 bridgehead atoms. The number of nitrogens with zero attached hydrogens (tertiary/aromatic N) is 1. The van der Waals surface area contributed by atoms with E-state index in [1.165, 1.54) is 6.07 Å². The fourth-order valence-electron chi connectivity index (χ4n) is 6.62. The molecule has 2 aromatic rings. The Hall–Kier alpha value is -2.31. The van der Waals surface area contributed by atoms with Crippen LogP contribution < -0.4 is 19.1 Å². The molecule has 44 heavy (non-hydrogen) atoms. The normalized spacial score (nSPS) is 30.0. The van der Waals surface area contributed by atoms with Gasteiger partial charge in [-0.3, -0.25) is 4.79 Å². The van der Waals surface area contributed by atoms with Gasteiger partial charge in [-0.15, -0.1) is 0 Å². The lowest BCUT2D eigenvalue weighted by molar-refractivity contribution is -0.139. The molecule has 1 amide bonds. The molecular formula is C32H38BrClN2O7S. The van der Waals surface area contributed by atoms with Crippen molar-refractivity contribution in [2.45, 2.75) is 55.1 Å². The molecule has 3 aliphatic heterocycles. The van der Waals surface area contributed by atoms with Crippen LogP contribution in [0.2, 0.25) is 5.02 Å². The quantitative estimate of drug-likeness (QED) is 0.342. The number of fused-ring (bicyclic) bond motifs is 4. The maximum atomic E-state index is 13.5. The van der Waals surface area contributed by atoms with Gasteiger partial charge in [-0.1, -0.05) is 45.7 Å². The monoisotopic (exact) mass is 708 g/mol. The number of amides is 1. The van der Waals surface area contributed by atoms with Crippen LogP contribution in [0.5, 0.6) is 11.5 Å². The van der Waals surface area contributed by atoms with Gasteiger partial charge in [-0.25, -0.2) is 13.1 Å². The lowest BCUT2D eigenvalue weighted by Gasteiger charge is -2.46. The molecule has 9 nitrogen and oxygen atoms in total. The molecule has 1 N–H and O–H groups in total.